The average Bonchev–Trinajstić information content (AvgIpc) is 2.97. The first-order valence-electron chi connectivity index (χ1n) is 13.0. The van der Waals surface area contributed by atoms with Crippen LogP contribution in [0, 0.1) is 13.8 Å². The maximum atomic E-state index is 13.3. The molecule has 0 saturated carbocycles. The van der Waals surface area contributed by atoms with Crippen molar-refractivity contribution < 1.29 is 14.4 Å². The molecule has 1 unspecified atom stereocenters. The Morgan fingerprint density at radius 1 is 0.780 bits per heavy atom. The molecule has 4 aromatic rings. The van der Waals surface area contributed by atoms with Gasteiger partial charge in [-0.15, -0.1) is 11.8 Å². The van der Waals surface area contributed by atoms with Gasteiger partial charge in [-0.2, -0.15) is 0 Å². The summed E-state index contributed by atoms with van der Waals surface area (Å²) in [5, 5.41) is 8.74. The smallest absolute Gasteiger partial charge is 0.272 e. The lowest BCUT2D eigenvalue weighted by Crippen LogP contribution is -2.30. The van der Waals surface area contributed by atoms with Gasteiger partial charge < -0.3 is 16.0 Å². The van der Waals surface area contributed by atoms with Crippen LogP contribution in [0.3, 0.4) is 0 Å². The highest BCUT2D eigenvalue weighted by Crippen LogP contribution is 2.27. The van der Waals surface area contributed by atoms with Gasteiger partial charge >= 0.3 is 0 Å². The minimum atomic E-state index is -0.456. The number of aryl methyl sites for hydroxylation is 2. The highest BCUT2D eigenvalue weighted by atomic mass is 35.5. The summed E-state index contributed by atoms with van der Waals surface area (Å²) in [6.45, 7) is 5.66. The number of rotatable bonds is 9. The Kier molecular flexibility index (Phi) is 10.0. The number of nitrogens with one attached hydrogen (secondary N) is 3. The zero-order valence-electron chi connectivity index (χ0n) is 22.9. The van der Waals surface area contributed by atoms with E-state index in [0.717, 1.165) is 21.6 Å². The second kappa shape index (κ2) is 13.8. The molecule has 208 valence electrons. The van der Waals surface area contributed by atoms with Gasteiger partial charge in [0, 0.05) is 26.9 Å². The Morgan fingerprint density at radius 3 is 2.12 bits per heavy atom. The SMILES string of the molecule is Cc1ccc(NC(=O)C(C)Sc2ccc(NC(=O)/C(=C/c3ccccc3C)NC(=O)c3ccccc3)cc2)cc1Cl. The van der Waals surface area contributed by atoms with E-state index >= 15 is 0 Å². The molecule has 8 heteroatoms. The number of benzene rings is 4. The van der Waals surface area contributed by atoms with Gasteiger partial charge in [0.05, 0.1) is 5.25 Å². The molecular formula is C33H30ClN3O3S. The summed E-state index contributed by atoms with van der Waals surface area (Å²) in [4.78, 5) is 39.7. The van der Waals surface area contributed by atoms with Crippen LogP contribution < -0.4 is 16.0 Å². The molecule has 0 aromatic heterocycles. The van der Waals surface area contributed by atoms with Crippen molar-refractivity contribution in [1.82, 2.24) is 5.32 Å². The quantitative estimate of drug-likeness (QED) is 0.141. The molecule has 3 amide bonds. The fourth-order valence-electron chi connectivity index (χ4n) is 3.83. The molecule has 0 bridgehead atoms. The van der Waals surface area contributed by atoms with Crippen LogP contribution in [-0.2, 0) is 9.59 Å². The lowest BCUT2D eigenvalue weighted by Gasteiger charge is -2.14. The summed E-state index contributed by atoms with van der Waals surface area (Å²) in [5.74, 6) is -0.984. The van der Waals surface area contributed by atoms with Crippen LogP contribution in [-0.4, -0.2) is 23.0 Å². The predicted molar refractivity (Wildman–Crippen MR) is 168 cm³/mol. The van der Waals surface area contributed by atoms with E-state index in [0.29, 0.717) is 22.0 Å². The summed E-state index contributed by atoms with van der Waals surface area (Å²) in [6.07, 6.45) is 1.66. The van der Waals surface area contributed by atoms with Crippen LogP contribution in [0.5, 0.6) is 0 Å². The monoisotopic (exact) mass is 583 g/mol. The van der Waals surface area contributed by atoms with Crippen molar-refractivity contribution in [2.24, 2.45) is 0 Å². The van der Waals surface area contributed by atoms with Gasteiger partial charge in [0.2, 0.25) is 5.91 Å². The Hall–Kier alpha value is -4.33. The molecule has 0 spiro atoms. The van der Waals surface area contributed by atoms with E-state index in [9.17, 15) is 14.4 Å². The fraction of sp³-hybridized carbons (Fsp3) is 0.121. The molecule has 6 nitrogen and oxygen atoms in total. The molecule has 0 aliphatic carbocycles. The minimum absolute atomic E-state index is 0.119. The normalized spacial score (nSPS) is 11.9. The van der Waals surface area contributed by atoms with Crippen LogP contribution in [0.4, 0.5) is 11.4 Å². The van der Waals surface area contributed by atoms with Gasteiger partial charge in [-0.05, 0) is 92.1 Å². The topological polar surface area (TPSA) is 87.3 Å². The summed E-state index contributed by atoms with van der Waals surface area (Å²) in [7, 11) is 0. The zero-order valence-corrected chi connectivity index (χ0v) is 24.5. The van der Waals surface area contributed by atoms with Crippen molar-refractivity contribution in [2.75, 3.05) is 10.6 Å². The number of hydrogen-bond acceptors (Lipinski definition) is 4. The summed E-state index contributed by atoms with van der Waals surface area (Å²) >= 11 is 7.56. The highest BCUT2D eigenvalue weighted by Gasteiger charge is 2.17. The maximum absolute atomic E-state index is 13.3. The van der Waals surface area contributed by atoms with Crippen molar-refractivity contribution >= 4 is 58.5 Å². The molecule has 1 atom stereocenters. The lowest BCUT2D eigenvalue weighted by molar-refractivity contribution is -0.115. The third kappa shape index (κ3) is 8.33. The molecule has 0 heterocycles. The average molecular weight is 584 g/mol. The number of carbonyl (C=O) groups is 3. The molecule has 4 aromatic carbocycles. The van der Waals surface area contributed by atoms with Crippen LogP contribution >= 0.6 is 23.4 Å². The molecule has 0 fully saturated rings. The first-order valence-corrected chi connectivity index (χ1v) is 14.2. The van der Waals surface area contributed by atoms with Crippen LogP contribution in [0.15, 0.2) is 108 Å². The molecule has 41 heavy (non-hydrogen) atoms. The summed E-state index contributed by atoms with van der Waals surface area (Å²) in [6, 6.07) is 28.9. The number of hydrogen-bond donors (Lipinski definition) is 3. The molecule has 0 saturated heterocycles. The van der Waals surface area contributed by atoms with Crippen molar-refractivity contribution in [1.29, 1.82) is 0 Å². The molecular weight excluding hydrogens is 554 g/mol. The van der Waals surface area contributed by atoms with Crippen molar-refractivity contribution in [3.05, 3.63) is 130 Å². The molecule has 3 N–H and O–H groups in total. The molecule has 0 aliphatic rings. The van der Waals surface area contributed by atoms with Crippen LogP contribution in [0.1, 0.15) is 34.0 Å². The Morgan fingerprint density at radius 2 is 1.44 bits per heavy atom. The Labute approximate surface area is 249 Å². The van der Waals surface area contributed by atoms with E-state index in [-0.39, 0.29) is 22.8 Å². The van der Waals surface area contributed by atoms with Crippen LogP contribution in [0.2, 0.25) is 5.02 Å². The first-order chi connectivity index (χ1) is 19.7. The number of halogens is 1. The van der Waals surface area contributed by atoms with Gasteiger partial charge in [0.1, 0.15) is 5.70 Å². The number of amides is 3. The molecule has 4 rings (SSSR count). The van der Waals surface area contributed by atoms with Gasteiger partial charge in [-0.1, -0.05) is 60.1 Å². The maximum Gasteiger partial charge on any atom is 0.272 e. The summed E-state index contributed by atoms with van der Waals surface area (Å²) in [5.41, 5.74) is 4.49. The number of anilines is 2. The largest absolute Gasteiger partial charge is 0.325 e. The zero-order chi connectivity index (χ0) is 29.4. The second-order valence-electron chi connectivity index (χ2n) is 9.43. The van der Waals surface area contributed by atoms with E-state index in [1.807, 2.05) is 75.4 Å². The predicted octanol–water partition coefficient (Wildman–Crippen LogP) is 7.49. The van der Waals surface area contributed by atoms with Gasteiger partial charge in [-0.3, -0.25) is 14.4 Å². The van der Waals surface area contributed by atoms with Gasteiger partial charge in [0.25, 0.3) is 11.8 Å². The van der Waals surface area contributed by atoms with E-state index in [1.54, 1.807) is 48.5 Å². The fourth-order valence-corrected chi connectivity index (χ4v) is 4.88. The summed E-state index contributed by atoms with van der Waals surface area (Å²) < 4.78 is 0. The lowest BCUT2D eigenvalue weighted by atomic mass is 10.1. The number of carbonyl (C=O) groups excluding carboxylic acids is 3. The Bertz CT molecular complexity index is 1590. The minimum Gasteiger partial charge on any atom is -0.325 e. The van der Waals surface area contributed by atoms with E-state index in [1.165, 1.54) is 11.8 Å². The highest BCUT2D eigenvalue weighted by molar-refractivity contribution is 8.00. The van der Waals surface area contributed by atoms with E-state index < -0.39 is 5.91 Å². The third-order valence-electron chi connectivity index (χ3n) is 6.25. The standard InChI is InChI=1S/C33H30ClN3O3S/c1-21-9-7-8-12-25(21)19-30(37-32(39)24-10-5-4-6-11-24)33(40)35-26-15-17-28(18-16-26)41-23(3)31(38)36-27-14-13-22(2)29(34)20-27/h4-20,23H,1-3H3,(H,35,40)(H,36,38)(H,37,39)/b30-19-. The van der Waals surface area contributed by atoms with Gasteiger partial charge in [-0.25, -0.2) is 0 Å². The van der Waals surface area contributed by atoms with Gasteiger partial charge in [0.15, 0.2) is 0 Å². The number of thioether (sulfide) groups is 1. The van der Waals surface area contributed by atoms with Crippen molar-refractivity contribution in [2.45, 2.75) is 30.9 Å². The second-order valence-corrected chi connectivity index (χ2v) is 11.2. The molecule has 0 radical (unpaired) electrons. The van der Waals surface area contributed by atoms with Crippen molar-refractivity contribution in [3.8, 4) is 0 Å². The Balaban J connectivity index is 1.43. The van der Waals surface area contributed by atoms with E-state index in [2.05, 4.69) is 16.0 Å². The van der Waals surface area contributed by atoms with Crippen LogP contribution in [0.25, 0.3) is 6.08 Å². The molecule has 0 aliphatic heterocycles. The third-order valence-corrected chi connectivity index (χ3v) is 7.77. The first kappa shape index (κ1) is 29.6. The van der Waals surface area contributed by atoms with E-state index in [4.69, 9.17) is 11.6 Å². The van der Waals surface area contributed by atoms with Crippen molar-refractivity contribution in [3.63, 3.8) is 0 Å².